The zero-order valence-electron chi connectivity index (χ0n) is 8.99. The summed E-state index contributed by atoms with van der Waals surface area (Å²) in [4.78, 5) is 23.7. The normalized spacial score (nSPS) is 19.4. The molecule has 0 spiro atoms. The molecule has 1 saturated heterocycles. The zero-order chi connectivity index (χ0) is 13.4. The van der Waals surface area contributed by atoms with Crippen molar-refractivity contribution in [1.29, 1.82) is 0 Å². The molecule has 0 saturated carbocycles. The van der Waals surface area contributed by atoms with Crippen molar-refractivity contribution in [3.05, 3.63) is 28.4 Å². The van der Waals surface area contributed by atoms with Crippen molar-refractivity contribution < 1.29 is 14.7 Å². The van der Waals surface area contributed by atoms with Gasteiger partial charge >= 0.3 is 6.09 Å². The molecule has 1 atom stereocenters. The molecule has 1 N–H and O–H groups in total. The quantitative estimate of drug-likeness (QED) is 0.405. The van der Waals surface area contributed by atoms with Crippen LogP contribution in [0.5, 0.6) is 0 Å². The predicted octanol–water partition coefficient (Wildman–Crippen LogP) is 3.84. The predicted molar refractivity (Wildman–Crippen MR) is 91.4 cm³/mol. The van der Waals surface area contributed by atoms with Crippen molar-refractivity contribution >= 4 is 79.8 Å². The van der Waals surface area contributed by atoms with Crippen molar-refractivity contribution in [1.82, 2.24) is 4.90 Å². The summed E-state index contributed by atoms with van der Waals surface area (Å²) in [7, 11) is 0. The first kappa shape index (κ1) is 14.8. The number of halogens is 3. The van der Waals surface area contributed by atoms with Crippen LogP contribution in [0.3, 0.4) is 0 Å². The van der Waals surface area contributed by atoms with Gasteiger partial charge in [-0.3, -0.25) is 4.79 Å². The van der Waals surface area contributed by atoms with E-state index in [0.717, 1.165) is 21.2 Å². The van der Waals surface area contributed by atoms with Crippen LogP contribution in [-0.4, -0.2) is 22.0 Å². The third kappa shape index (κ3) is 2.62. The van der Waals surface area contributed by atoms with Crippen LogP contribution in [0.15, 0.2) is 12.1 Å². The summed E-state index contributed by atoms with van der Waals surface area (Å²) < 4.78 is 3.27. The number of rotatable bonds is 1. The van der Waals surface area contributed by atoms with Gasteiger partial charge in [-0.25, -0.2) is 9.69 Å². The molecule has 2 rings (SSSR count). The molecule has 7 heteroatoms. The van der Waals surface area contributed by atoms with E-state index in [-0.39, 0.29) is 11.9 Å². The summed E-state index contributed by atoms with van der Waals surface area (Å²) in [6.07, 6.45) is -0.292. The van der Waals surface area contributed by atoms with Crippen LogP contribution in [0.2, 0.25) is 0 Å². The Morgan fingerprint density at radius 1 is 1.28 bits per heavy atom. The second-order valence-corrected chi connectivity index (χ2v) is 7.19. The highest BCUT2D eigenvalue weighted by Gasteiger charge is 2.37. The standard InChI is InChI=1S/C11H8I3NO3/c12-6-2-1-5(9(13)10(6)14)7-3-4-8(16)15(7)11(17)18/h1-2,7H,3-4H2,(H,17,18). The van der Waals surface area contributed by atoms with Crippen molar-refractivity contribution in [2.24, 2.45) is 0 Å². The van der Waals surface area contributed by atoms with Gasteiger partial charge in [0.2, 0.25) is 5.91 Å². The SMILES string of the molecule is O=C(O)N1C(=O)CCC1c1ccc(I)c(I)c1I. The molecule has 0 aliphatic carbocycles. The average Bonchev–Trinajstić information content (AvgIpc) is 2.68. The van der Waals surface area contributed by atoms with Crippen LogP contribution >= 0.6 is 67.8 Å². The second-order valence-electron chi connectivity index (χ2n) is 3.87. The first-order valence-corrected chi connectivity index (χ1v) is 8.35. The van der Waals surface area contributed by atoms with Gasteiger partial charge in [-0.1, -0.05) is 6.07 Å². The van der Waals surface area contributed by atoms with Crippen LogP contribution < -0.4 is 0 Å². The van der Waals surface area contributed by atoms with Gasteiger partial charge in [0.15, 0.2) is 0 Å². The molecular formula is C11H8I3NO3. The number of imide groups is 1. The molecule has 1 aliphatic heterocycles. The van der Waals surface area contributed by atoms with E-state index >= 15 is 0 Å². The topological polar surface area (TPSA) is 57.6 Å². The van der Waals surface area contributed by atoms with E-state index in [1.165, 1.54) is 0 Å². The van der Waals surface area contributed by atoms with Crippen LogP contribution in [0, 0.1) is 10.7 Å². The largest absolute Gasteiger partial charge is 0.465 e. The maximum absolute atomic E-state index is 11.6. The smallest absolute Gasteiger partial charge is 0.414 e. The first-order chi connectivity index (χ1) is 8.43. The fourth-order valence-electron chi connectivity index (χ4n) is 2.02. The van der Waals surface area contributed by atoms with Gasteiger partial charge < -0.3 is 5.11 Å². The molecular weight excluding hydrogens is 575 g/mol. The summed E-state index contributed by atoms with van der Waals surface area (Å²) in [6, 6.07) is 3.54. The lowest BCUT2D eigenvalue weighted by Gasteiger charge is -2.22. The number of carbonyl (C=O) groups is 2. The third-order valence-electron chi connectivity index (χ3n) is 2.84. The second kappa shape index (κ2) is 5.77. The fourth-order valence-corrected chi connectivity index (χ4v) is 4.30. The zero-order valence-corrected chi connectivity index (χ0v) is 15.5. The van der Waals surface area contributed by atoms with Crippen LogP contribution in [-0.2, 0) is 4.79 Å². The fraction of sp³-hybridized carbons (Fsp3) is 0.273. The van der Waals surface area contributed by atoms with Gasteiger partial charge in [-0.05, 0) is 85.8 Å². The molecule has 1 fully saturated rings. The average molecular weight is 583 g/mol. The summed E-state index contributed by atoms with van der Waals surface area (Å²) >= 11 is 6.71. The van der Waals surface area contributed by atoms with Gasteiger partial charge in [-0.15, -0.1) is 0 Å². The number of benzene rings is 1. The number of hydrogen-bond acceptors (Lipinski definition) is 2. The summed E-state index contributed by atoms with van der Waals surface area (Å²) in [6.45, 7) is 0. The number of hydrogen-bond donors (Lipinski definition) is 1. The molecule has 1 aromatic carbocycles. The van der Waals surface area contributed by atoms with Gasteiger partial charge in [0.25, 0.3) is 0 Å². The molecule has 1 aliphatic rings. The highest BCUT2D eigenvalue weighted by molar-refractivity contribution is 14.1. The minimum Gasteiger partial charge on any atom is -0.465 e. The lowest BCUT2D eigenvalue weighted by Crippen LogP contribution is -2.33. The number of carboxylic acid groups (broad SMARTS) is 1. The van der Waals surface area contributed by atoms with E-state index in [4.69, 9.17) is 5.11 Å². The number of likely N-dealkylation sites (tertiary alicyclic amines) is 1. The van der Waals surface area contributed by atoms with Crippen molar-refractivity contribution in [2.45, 2.75) is 18.9 Å². The number of amides is 2. The molecule has 4 nitrogen and oxygen atoms in total. The number of carbonyl (C=O) groups excluding carboxylic acids is 1. The minimum atomic E-state index is -1.16. The van der Waals surface area contributed by atoms with Crippen molar-refractivity contribution in [2.75, 3.05) is 0 Å². The highest BCUT2D eigenvalue weighted by atomic mass is 127. The van der Waals surface area contributed by atoms with Crippen LogP contribution in [0.25, 0.3) is 0 Å². The molecule has 96 valence electrons. The third-order valence-corrected chi connectivity index (χ3v) is 8.09. The highest BCUT2D eigenvalue weighted by Crippen LogP contribution is 2.37. The summed E-state index contributed by atoms with van der Waals surface area (Å²) in [5, 5.41) is 9.13. The summed E-state index contributed by atoms with van der Waals surface area (Å²) in [5.74, 6) is -0.308. The Hall–Kier alpha value is 0.350. The Labute approximate surface area is 145 Å². The van der Waals surface area contributed by atoms with E-state index < -0.39 is 6.09 Å². The lowest BCUT2D eigenvalue weighted by molar-refractivity contribution is -0.126. The molecule has 1 aromatic rings. The maximum Gasteiger partial charge on any atom is 0.414 e. The maximum atomic E-state index is 11.6. The Morgan fingerprint density at radius 3 is 2.56 bits per heavy atom. The Kier molecular flexibility index (Phi) is 4.73. The molecule has 18 heavy (non-hydrogen) atoms. The van der Waals surface area contributed by atoms with Crippen LogP contribution in [0.4, 0.5) is 4.79 Å². The summed E-state index contributed by atoms with van der Waals surface area (Å²) in [5.41, 5.74) is 0.925. The lowest BCUT2D eigenvalue weighted by atomic mass is 10.1. The van der Waals surface area contributed by atoms with E-state index in [1.54, 1.807) is 0 Å². The molecule has 2 amide bonds. The van der Waals surface area contributed by atoms with Gasteiger partial charge in [0.1, 0.15) is 0 Å². The molecule has 0 aromatic heterocycles. The Bertz CT molecular complexity index is 533. The van der Waals surface area contributed by atoms with Crippen molar-refractivity contribution in [3.63, 3.8) is 0 Å². The van der Waals surface area contributed by atoms with E-state index in [1.807, 2.05) is 12.1 Å². The molecule has 0 bridgehead atoms. The minimum absolute atomic E-state index is 0.301. The van der Waals surface area contributed by atoms with Crippen LogP contribution in [0.1, 0.15) is 24.4 Å². The van der Waals surface area contributed by atoms with E-state index in [2.05, 4.69) is 67.8 Å². The molecule has 1 heterocycles. The first-order valence-electron chi connectivity index (χ1n) is 5.12. The number of nitrogens with zero attached hydrogens (tertiary/aromatic N) is 1. The molecule has 0 radical (unpaired) electrons. The van der Waals surface area contributed by atoms with Crippen molar-refractivity contribution in [3.8, 4) is 0 Å². The van der Waals surface area contributed by atoms with Gasteiger partial charge in [0, 0.05) is 17.1 Å². The van der Waals surface area contributed by atoms with E-state index in [9.17, 15) is 9.59 Å². The Morgan fingerprint density at radius 2 is 1.94 bits per heavy atom. The van der Waals surface area contributed by atoms with Gasteiger partial charge in [0.05, 0.1) is 6.04 Å². The molecule has 1 unspecified atom stereocenters. The monoisotopic (exact) mass is 583 g/mol. The Balaban J connectivity index is 2.46. The van der Waals surface area contributed by atoms with Gasteiger partial charge in [-0.2, -0.15) is 0 Å². The van der Waals surface area contributed by atoms with E-state index in [0.29, 0.717) is 12.8 Å².